The van der Waals surface area contributed by atoms with Gasteiger partial charge in [0.2, 0.25) is 5.91 Å². The van der Waals surface area contributed by atoms with E-state index in [-0.39, 0.29) is 22.7 Å². The molecular weight excluding hydrogens is 367 g/mol. The van der Waals surface area contributed by atoms with Crippen molar-refractivity contribution in [1.82, 2.24) is 20.0 Å². The molecule has 1 aromatic heterocycles. The molecule has 0 bridgehead atoms. The number of halogens is 2. The fourth-order valence-electron chi connectivity index (χ4n) is 3.70. The lowest BCUT2D eigenvalue weighted by molar-refractivity contribution is -0.127. The molecule has 27 heavy (non-hydrogen) atoms. The van der Waals surface area contributed by atoms with Crippen LogP contribution < -0.4 is 5.32 Å². The fraction of sp³-hybridized carbons (Fsp3) is 0.500. The van der Waals surface area contributed by atoms with Gasteiger partial charge in [-0.2, -0.15) is 5.10 Å². The molecule has 0 radical (unpaired) electrons. The van der Waals surface area contributed by atoms with Crippen LogP contribution >= 0.6 is 11.6 Å². The average molecular weight is 391 g/mol. The highest BCUT2D eigenvalue weighted by molar-refractivity contribution is 6.30. The van der Waals surface area contributed by atoms with E-state index in [9.17, 15) is 9.18 Å². The Bertz CT molecular complexity index is 833. The van der Waals surface area contributed by atoms with Crippen molar-refractivity contribution in [3.63, 3.8) is 0 Å². The highest BCUT2D eigenvalue weighted by atomic mass is 35.5. The van der Waals surface area contributed by atoms with Gasteiger partial charge in [0.05, 0.1) is 23.0 Å². The summed E-state index contributed by atoms with van der Waals surface area (Å²) in [5.74, 6) is -0.0364. The van der Waals surface area contributed by atoms with E-state index in [1.807, 2.05) is 4.68 Å². The molecule has 0 saturated heterocycles. The van der Waals surface area contributed by atoms with Crippen LogP contribution in [0.4, 0.5) is 4.39 Å². The van der Waals surface area contributed by atoms with Crippen molar-refractivity contribution in [2.75, 3.05) is 6.54 Å². The second-order valence-corrected chi connectivity index (χ2v) is 7.92. The number of carbonyl (C=O) groups is 1. The van der Waals surface area contributed by atoms with Gasteiger partial charge in [0.1, 0.15) is 5.82 Å². The van der Waals surface area contributed by atoms with Crippen LogP contribution in [0.3, 0.4) is 0 Å². The maximum absolute atomic E-state index is 13.4. The van der Waals surface area contributed by atoms with Gasteiger partial charge in [0.25, 0.3) is 0 Å². The van der Waals surface area contributed by atoms with Crippen molar-refractivity contribution in [2.24, 2.45) is 5.92 Å². The molecule has 7 heteroatoms. The van der Waals surface area contributed by atoms with E-state index in [1.54, 1.807) is 12.1 Å². The number of nitrogens with one attached hydrogen (secondary N) is 1. The van der Waals surface area contributed by atoms with Crippen LogP contribution in [0.15, 0.2) is 24.3 Å². The van der Waals surface area contributed by atoms with Crippen LogP contribution in [0, 0.1) is 11.7 Å². The molecule has 1 aromatic carbocycles. The summed E-state index contributed by atoms with van der Waals surface area (Å²) in [7, 11) is 0. The molecule has 1 fully saturated rings. The quantitative estimate of drug-likeness (QED) is 0.850. The molecule has 1 saturated carbocycles. The summed E-state index contributed by atoms with van der Waals surface area (Å²) in [4.78, 5) is 14.3. The highest BCUT2D eigenvalue weighted by Gasteiger charge is 2.25. The lowest BCUT2D eigenvalue weighted by Crippen LogP contribution is -2.34. The summed E-state index contributed by atoms with van der Waals surface area (Å²) in [6, 6.07) is 6.98. The van der Waals surface area contributed by atoms with Gasteiger partial charge >= 0.3 is 0 Å². The number of aromatic nitrogens is 2. The van der Waals surface area contributed by atoms with Crippen LogP contribution in [0.1, 0.15) is 42.6 Å². The number of hydrogen-bond donors (Lipinski definition) is 1. The Morgan fingerprint density at radius 1 is 1.26 bits per heavy atom. The molecule has 2 aromatic rings. The summed E-state index contributed by atoms with van der Waals surface area (Å²) in [6.45, 7) is 3.80. The molecule has 144 valence electrons. The second-order valence-electron chi connectivity index (χ2n) is 7.51. The number of benzene rings is 1. The summed E-state index contributed by atoms with van der Waals surface area (Å²) < 4.78 is 15.4. The van der Waals surface area contributed by atoms with E-state index in [2.05, 4.69) is 21.4 Å². The van der Waals surface area contributed by atoms with Crippen molar-refractivity contribution in [3.8, 4) is 0 Å². The highest BCUT2D eigenvalue weighted by Crippen LogP contribution is 2.26. The zero-order valence-corrected chi connectivity index (χ0v) is 16.0. The minimum atomic E-state index is -0.386. The van der Waals surface area contributed by atoms with E-state index in [1.165, 1.54) is 6.07 Å². The standard InChI is InChI=1S/C20H24ClFN4O/c21-18-9-14(5-6-19(18)22)12-25-7-2-8-26-17(13-25)10-16(24-26)11-23-20(27)15-3-1-4-15/h5-6,9-10,15H,1-4,7-8,11-13H2,(H,23,27). The first-order valence-corrected chi connectivity index (χ1v) is 9.96. The van der Waals surface area contributed by atoms with Crippen molar-refractivity contribution < 1.29 is 9.18 Å². The SMILES string of the molecule is O=C(NCc1cc2n(n1)CCCN(Cc1ccc(F)c(Cl)c1)C2)C1CCC1. The maximum Gasteiger partial charge on any atom is 0.223 e. The third kappa shape index (κ3) is 4.33. The molecule has 2 heterocycles. The predicted octanol–water partition coefficient (Wildman–Crippen LogP) is 3.50. The Labute approximate surface area is 163 Å². The number of amides is 1. The van der Waals surface area contributed by atoms with Gasteiger partial charge in [-0.05, 0) is 43.0 Å². The van der Waals surface area contributed by atoms with Gasteiger partial charge < -0.3 is 5.32 Å². The third-order valence-electron chi connectivity index (χ3n) is 5.45. The number of aryl methyl sites for hydroxylation is 1. The molecular formula is C20H24ClFN4O. The first-order valence-electron chi connectivity index (χ1n) is 9.58. The lowest BCUT2D eigenvalue weighted by atomic mass is 9.85. The van der Waals surface area contributed by atoms with E-state index in [0.717, 1.165) is 68.8 Å². The van der Waals surface area contributed by atoms with Crippen LogP contribution in [0.25, 0.3) is 0 Å². The molecule has 0 atom stereocenters. The smallest absolute Gasteiger partial charge is 0.223 e. The molecule has 1 amide bonds. The third-order valence-corrected chi connectivity index (χ3v) is 5.74. The molecule has 0 spiro atoms. The largest absolute Gasteiger partial charge is 0.350 e. The summed E-state index contributed by atoms with van der Waals surface area (Å²) in [6.07, 6.45) is 4.17. The second kappa shape index (κ2) is 7.98. The zero-order valence-electron chi connectivity index (χ0n) is 15.3. The molecule has 4 rings (SSSR count). The monoisotopic (exact) mass is 390 g/mol. The first-order chi connectivity index (χ1) is 13.1. The van der Waals surface area contributed by atoms with Gasteiger partial charge in [0, 0.05) is 32.1 Å². The predicted molar refractivity (Wildman–Crippen MR) is 102 cm³/mol. The average Bonchev–Trinajstić information content (AvgIpc) is 2.87. The summed E-state index contributed by atoms with van der Waals surface area (Å²) >= 11 is 5.90. The van der Waals surface area contributed by atoms with Gasteiger partial charge in [-0.15, -0.1) is 0 Å². The van der Waals surface area contributed by atoms with Crippen molar-refractivity contribution >= 4 is 17.5 Å². The van der Waals surface area contributed by atoms with E-state index < -0.39 is 0 Å². The Morgan fingerprint density at radius 2 is 2.11 bits per heavy atom. The molecule has 1 N–H and O–H groups in total. The Balaban J connectivity index is 1.38. The minimum Gasteiger partial charge on any atom is -0.350 e. The Kier molecular flexibility index (Phi) is 5.45. The Morgan fingerprint density at radius 3 is 2.85 bits per heavy atom. The Hall–Kier alpha value is -1.92. The van der Waals surface area contributed by atoms with E-state index in [4.69, 9.17) is 11.6 Å². The number of rotatable bonds is 5. The number of fused-ring (bicyclic) bond motifs is 1. The van der Waals surface area contributed by atoms with Crippen LogP contribution in [-0.4, -0.2) is 27.1 Å². The van der Waals surface area contributed by atoms with Crippen molar-refractivity contribution in [2.45, 2.75) is 51.9 Å². The van der Waals surface area contributed by atoms with E-state index >= 15 is 0 Å². The van der Waals surface area contributed by atoms with Crippen LogP contribution in [-0.2, 0) is 31.0 Å². The van der Waals surface area contributed by atoms with Gasteiger partial charge in [-0.1, -0.05) is 24.1 Å². The summed E-state index contributed by atoms with van der Waals surface area (Å²) in [5.41, 5.74) is 3.06. The maximum atomic E-state index is 13.4. The lowest BCUT2D eigenvalue weighted by Gasteiger charge is -2.23. The normalized spacial score (nSPS) is 17.9. The van der Waals surface area contributed by atoms with Crippen LogP contribution in [0.5, 0.6) is 0 Å². The van der Waals surface area contributed by atoms with Crippen molar-refractivity contribution in [3.05, 3.63) is 52.1 Å². The minimum absolute atomic E-state index is 0.152. The summed E-state index contributed by atoms with van der Waals surface area (Å²) in [5, 5.41) is 7.83. The topological polar surface area (TPSA) is 50.2 Å². The van der Waals surface area contributed by atoms with Gasteiger partial charge in [-0.25, -0.2) is 4.39 Å². The molecule has 1 aliphatic heterocycles. The van der Waals surface area contributed by atoms with Gasteiger partial charge in [-0.3, -0.25) is 14.4 Å². The number of carbonyl (C=O) groups excluding carboxylic acids is 1. The number of nitrogens with zero attached hydrogens (tertiary/aromatic N) is 3. The van der Waals surface area contributed by atoms with E-state index in [0.29, 0.717) is 6.54 Å². The van der Waals surface area contributed by atoms with Crippen molar-refractivity contribution in [1.29, 1.82) is 0 Å². The molecule has 2 aliphatic rings. The number of hydrogen-bond acceptors (Lipinski definition) is 3. The van der Waals surface area contributed by atoms with Gasteiger partial charge in [0.15, 0.2) is 0 Å². The molecule has 0 unspecified atom stereocenters. The van der Waals surface area contributed by atoms with Crippen LogP contribution in [0.2, 0.25) is 5.02 Å². The molecule has 1 aliphatic carbocycles. The first kappa shape index (κ1) is 18.4. The molecule has 5 nitrogen and oxygen atoms in total. The fourth-order valence-corrected chi connectivity index (χ4v) is 3.90. The zero-order chi connectivity index (χ0) is 18.8.